The highest BCUT2D eigenvalue weighted by Crippen LogP contribution is 2.21. The van der Waals surface area contributed by atoms with Gasteiger partial charge in [0.15, 0.2) is 5.78 Å². The average Bonchev–Trinajstić information content (AvgIpc) is 2.46. The molecule has 104 valence electrons. The second kappa shape index (κ2) is 6.58. The molecule has 2 rings (SSSR count). The fourth-order valence-corrected chi connectivity index (χ4v) is 2.14. The molecule has 0 aliphatic heterocycles. The van der Waals surface area contributed by atoms with Crippen molar-refractivity contribution in [3.63, 3.8) is 0 Å². The smallest absolute Gasteiger partial charge is 0.177 e. The van der Waals surface area contributed by atoms with Crippen LogP contribution in [0.15, 0.2) is 42.5 Å². The van der Waals surface area contributed by atoms with Gasteiger partial charge in [-0.2, -0.15) is 0 Å². The molecule has 3 heteroatoms. The number of carbonyl (C=O) groups excluding carboxylic acids is 1. The molecule has 0 bridgehead atoms. The lowest BCUT2D eigenvalue weighted by Crippen LogP contribution is -2.03. The van der Waals surface area contributed by atoms with Crippen molar-refractivity contribution in [3.8, 4) is 5.75 Å². The highest BCUT2D eigenvalue weighted by molar-refractivity contribution is 6.30. The van der Waals surface area contributed by atoms with Gasteiger partial charge in [-0.15, -0.1) is 11.6 Å². The Bertz CT molecular complexity index is 620. The number of hydrogen-bond acceptors (Lipinski definition) is 2. The molecule has 0 fully saturated rings. The molecule has 0 saturated heterocycles. The van der Waals surface area contributed by atoms with E-state index in [1.54, 1.807) is 6.07 Å². The zero-order chi connectivity index (χ0) is 14.5. The topological polar surface area (TPSA) is 26.3 Å². The summed E-state index contributed by atoms with van der Waals surface area (Å²) in [7, 11) is 0. The van der Waals surface area contributed by atoms with Crippen LogP contribution in [0.3, 0.4) is 0 Å². The van der Waals surface area contributed by atoms with Gasteiger partial charge in [-0.05, 0) is 48.7 Å². The van der Waals surface area contributed by atoms with Gasteiger partial charge in [-0.1, -0.05) is 24.3 Å². The van der Waals surface area contributed by atoms with Crippen LogP contribution in [0.5, 0.6) is 5.75 Å². The lowest BCUT2D eigenvalue weighted by atomic mass is 10.1. The van der Waals surface area contributed by atoms with Crippen LogP contribution >= 0.6 is 11.6 Å². The summed E-state index contributed by atoms with van der Waals surface area (Å²) in [6.45, 7) is 4.52. The van der Waals surface area contributed by atoms with Crippen LogP contribution in [0.25, 0.3) is 0 Å². The van der Waals surface area contributed by atoms with Crippen LogP contribution in [0.1, 0.15) is 27.0 Å². The highest BCUT2D eigenvalue weighted by atomic mass is 35.5. The first-order valence-corrected chi connectivity index (χ1v) is 7.02. The van der Waals surface area contributed by atoms with Crippen molar-refractivity contribution in [1.29, 1.82) is 0 Å². The van der Waals surface area contributed by atoms with Crippen molar-refractivity contribution >= 4 is 17.4 Å². The summed E-state index contributed by atoms with van der Waals surface area (Å²) in [6.07, 6.45) is 0. The van der Waals surface area contributed by atoms with E-state index in [0.717, 1.165) is 16.9 Å². The molecule has 0 spiro atoms. The predicted molar refractivity (Wildman–Crippen MR) is 81.7 cm³/mol. The minimum atomic E-state index is -0.0692. The summed E-state index contributed by atoms with van der Waals surface area (Å²) in [6, 6.07) is 13.5. The fraction of sp³-hybridized carbons (Fsp3) is 0.235. The molecule has 0 heterocycles. The maximum absolute atomic E-state index is 11.5. The van der Waals surface area contributed by atoms with Crippen molar-refractivity contribution in [2.45, 2.75) is 20.5 Å². The molecule has 0 atom stereocenters. The van der Waals surface area contributed by atoms with Crippen LogP contribution < -0.4 is 4.74 Å². The van der Waals surface area contributed by atoms with Gasteiger partial charge in [-0.25, -0.2) is 0 Å². The van der Waals surface area contributed by atoms with Crippen LogP contribution in [0, 0.1) is 13.8 Å². The summed E-state index contributed by atoms with van der Waals surface area (Å²) in [5.41, 5.74) is 3.93. The predicted octanol–water partition coefficient (Wildman–Crippen LogP) is 4.30. The van der Waals surface area contributed by atoms with Gasteiger partial charge >= 0.3 is 0 Å². The lowest BCUT2D eigenvalue weighted by Gasteiger charge is -2.11. The third-order valence-electron chi connectivity index (χ3n) is 3.26. The van der Waals surface area contributed by atoms with Gasteiger partial charge in [0.1, 0.15) is 12.4 Å². The van der Waals surface area contributed by atoms with E-state index in [-0.39, 0.29) is 11.7 Å². The van der Waals surface area contributed by atoms with E-state index in [1.807, 2.05) is 31.2 Å². The van der Waals surface area contributed by atoms with E-state index in [4.69, 9.17) is 16.3 Å². The number of rotatable bonds is 5. The van der Waals surface area contributed by atoms with Crippen LogP contribution in [-0.4, -0.2) is 11.7 Å². The Labute approximate surface area is 124 Å². The minimum Gasteiger partial charge on any atom is -0.489 e. The molecule has 20 heavy (non-hydrogen) atoms. The first kappa shape index (κ1) is 14.6. The van der Waals surface area contributed by atoms with E-state index in [0.29, 0.717) is 12.2 Å². The third kappa shape index (κ3) is 3.40. The Morgan fingerprint density at radius 1 is 1.10 bits per heavy atom. The van der Waals surface area contributed by atoms with E-state index in [1.165, 1.54) is 5.56 Å². The first-order chi connectivity index (χ1) is 9.61. The highest BCUT2D eigenvalue weighted by Gasteiger charge is 2.07. The summed E-state index contributed by atoms with van der Waals surface area (Å²) < 4.78 is 5.83. The van der Waals surface area contributed by atoms with Gasteiger partial charge in [0.2, 0.25) is 0 Å². The third-order valence-corrected chi connectivity index (χ3v) is 3.51. The molecule has 0 amide bonds. The fourth-order valence-electron chi connectivity index (χ4n) is 1.99. The summed E-state index contributed by atoms with van der Waals surface area (Å²) in [5, 5.41) is 0. The average molecular weight is 289 g/mol. The van der Waals surface area contributed by atoms with Gasteiger partial charge in [0.05, 0.1) is 5.88 Å². The number of hydrogen-bond donors (Lipinski definition) is 0. The molecular formula is C17H17ClO2. The van der Waals surface area contributed by atoms with E-state index >= 15 is 0 Å². The molecule has 2 nitrogen and oxygen atoms in total. The Morgan fingerprint density at radius 2 is 1.85 bits per heavy atom. The quantitative estimate of drug-likeness (QED) is 0.605. The molecule has 0 radical (unpaired) electrons. The van der Waals surface area contributed by atoms with Crippen molar-refractivity contribution in [2.75, 3.05) is 5.88 Å². The van der Waals surface area contributed by atoms with E-state index in [2.05, 4.69) is 19.1 Å². The van der Waals surface area contributed by atoms with Crippen LogP contribution in [0.2, 0.25) is 0 Å². The molecule has 0 aliphatic carbocycles. The van der Waals surface area contributed by atoms with Crippen molar-refractivity contribution < 1.29 is 9.53 Å². The second-order valence-corrected chi connectivity index (χ2v) is 5.02. The molecule has 2 aromatic carbocycles. The standard InChI is InChI=1S/C17H17ClO2/c1-12-5-3-4-6-15(12)11-20-17-8-7-14(9-13(17)2)16(19)10-18/h3-9H,10-11H2,1-2H3. The van der Waals surface area contributed by atoms with Gasteiger partial charge in [-0.3, -0.25) is 4.79 Å². The second-order valence-electron chi connectivity index (χ2n) is 4.75. The summed E-state index contributed by atoms with van der Waals surface area (Å²) >= 11 is 5.56. The normalized spacial score (nSPS) is 10.3. The maximum atomic E-state index is 11.5. The van der Waals surface area contributed by atoms with Gasteiger partial charge < -0.3 is 4.74 Å². The number of ether oxygens (including phenoxy) is 1. The molecule has 0 aliphatic rings. The SMILES string of the molecule is Cc1ccccc1COc1ccc(C(=O)CCl)cc1C. The van der Waals surface area contributed by atoms with Gasteiger partial charge in [0.25, 0.3) is 0 Å². The molecule has 2 aromatic rings. The lowest BCUT2D eigenvalue weighted by molar-refractivity contribution is 0.102. The number of carbonyl (C=O) groups is 1. The Morgan fingerprint density at radius 3 is 2.50 bits per heavy atom. The Kier molecular flexibility index (Phi) is 4.80. The van der Waals surface area contributed by atoms with Crippen LogP contribution in [0.4, 0.5) is 0 Å². The van der Waals surface area contributed by atoms with E-state index in [9.17, 15) is 4.79 Å². The number of aryl methyl sites for hydroxylation is 2. The molecular weight excluding hydrogens is 272 g/mol. The molecule has 0 N–H and O–H groups in total. The zero-order valence-corrected chi connectivity index (χ0v) is 12.4. The van der Waals surface area contributed by atoms with Crippen LogP contribution in [-0.2, 0) is 6.61 Å². The Hall–Kier alpha value is -1.80. The molecule has 0 aromatic heterocycles. The summed E-state index contributed by atoms with van der Waals surface area (Å²) in [4.78, 5) is 11.5. The Balaban J connectivity index is 2.11. The first-order valence-electron chi connectivity index (χ1n) is 6.49. The molecule has 0 unspecified atom stereocenters. The maximum Gasteiger partial charge on any atom is 0.177 e. The number of Topliss-reactive ketones (excluding diaryl/α,β-unsaturated/α-hetero) is 1. The molecule has 0 saturated carbocycles. The monoisotopic (exact) mass is 288 g/mol. The van der Waals surface area contributed by atoms with Crippen molar-refractivity contribution in [2.24, 2.45) is 0 Å². The van der Waals surface area contributed by atoms with Crippen molar-refractivity contribution in [1.82, 2.24) is 0 Å². The largest absolute Gasteiger partial charge is 0.489 e. The zero-order valence-electron chi connectivity index (χ0n) is 11.7. The van der Waals surface area contributed by atoms with E-state index < -0.39 is 0 Å². The minimum absolute atomic E-state index is 0.00283. The van der Waals surface area contributed by atoms with Crippen molar-refractivity contribution in [3.05, 3.63) is 64.7 Å². The number of halogens is 1. The number of benzene rings is 2. The number of alkyl halides is 1. The summed E-state index contributed by atoms with van der Waals surface area (Å²) in [5.74, 6) is 0.725. The van der Waals surface area contributed by atoms with Gasteiger partial charge in [0, 0.05) is 5.56 Å². The number of ketones is 1.